The van der Waals surface area contributed by atoms with Crippen LogP contribution in [0.1, 0.15) is 38.1 Å². The average Bonchev–Trinajstić information content (AvgIpc) is 3.39. The predicted molar refractivity (Wildman–Crippen MR) is 118 cm³/mol. The van der Waals surface area contributed by atoms with E-state index in [9.17, 15) is 18.3 Å². The highest BCUT2D eigenvalue weighted by atomic mass is 32.2. The summed E-state index contributed by atoms with van der Waals surface area (Å²) in [5, 5.41) is 15.8. The molecule has 7 nitrogen and oxygen atoms in total. The summed E-state index contributed by atoms with van der Waals surface area (Å²) in [6.07, 6.45) is 5.34. The maximum Gasteiger partial charge on any atom is 0.224 e. The quantitative estimate of drug-likeness (QED) is 0.516. The third-order valence-corrected chi connectivity index (χ3v) is 7.12. The molecule has 2 aliphatic rings. The molecule has 0 spiro atoms. The number of thioether (sulfide) groups is 1. The first-order chi connectivity index (χ1) is 15.5. The second-order valence-corrected chi connectivity index (χ2v) is 9.39. The molecule has 0 radical (unpaired) electrons. The van der Waals surface area contributed by atoms with Crippen molar-refractivity contribution >= 4 is 40.5 Å². The van der Waals surface area contributed by atoms with Crippen LogP contribution in [0, 0.1) is 17.5 Å². The highest BCUT2D eigenvalue weighted by Gasteiger charge is 2.26. The van der Waals surface area contributed by atoms with Crippen LogP contribution in [0.3, 0.4) is 0 Å². The van der Waals surface area contributed by atoms with Gasteiger partial charge in [-0.2, -0.15) is 16.7 Å². The molecular formula is C21H23F3N6OS. The van der Waals surface area contributed by atoms with Gasteiger partial charge in [-0.15, -0.1) is 0 Å². The van der Waals surface area contributed by atoms with Gasteiger partial charge in [0.25, 0.3) is 0 Å². The maximum absolute atomic E-state index is 14.3. The zero-order valence-corrected chi connectivity index (χ0v) is 18.0. The van der Waals surface area contributed by atoms with Gasteiger partial charge in [0.05, 0.1) is 12.3 Å². The normalized spacial score (nSPS) is 23.6. The lowest BCUT2D eigenvalue weighted by atomic mass is 9.93. The Kier molecular flexibility index (Phi) is 5.85. The van der Waals surface area contributed by atoms with Crippen LogP contribution in [0.4, 0.5) is 30.8 Å². The van der Waals surface area contributed by atoms with E-state index in [-0.39, 0.29) is 24.1 Å². The van der Waals surface area contributed by atoms with E-state index >= 15 is 0 Å². The van der Waals surface area contributed by atoms with Crippen molar-refractivity contribution in [2.24, 2.45) is 0 Å². The molecule has 1 aliphatic heterocycles. The zero-order valence-electron chi connectivity index (χ0n) is 17.2. The van der Waals surface area contributed by atoms with E-state index in [4.69, 9.17) is 0 Å². The molecule has 5 rings (SSSR count). The third kappa shape index (κ3) is 4.23. The lowest BCUT2D eigenvalue weighted by Gasteiger charge is -2.26. The lowest BCUT2D eigenvalue weighted by molar-refractivity contribution is 0.126. The summed E-state index contributed by atoms with van der Waals surface area (Å²) in [5.74, 6) is -0.570. The Morgan fingerprint density at radius 3 is 2.47 bits per heavy atom. The first-order valence-corrected chi connectivity index (χ1v) is 11.8. The van der Waals surface area contributed by atoms with Crippen molar-refractivity contribution in [1.82, 2.24) is 19.5 Å². The Morgan fingerprint density at radius 2 is 1.78 bits per heavy atom. The number of aliphatic hydroxyl groups excluding tert-OH is 1. The maximum atomic E-state index is 14.3. The predicted octanol–water partition coefficient (Wildman–Crippen LogP) is 4.38. The largest absolute Gasteiger partial charge is 0.393 e. The summed E-state index contributed by atoms with van der Waals surface area (Å²) in [4.78, 5) is 13.5. The molecule has 3 N–H and O–H groups in total. The number of hydrogen-bond donors (Lipinski definition) is 3. The van der Waals surface area contributed by atoms with Crippen LogP contribution < -0.4 is 10.6 Å². The zero-order chi connectivity index (χ0) is 22.2. The summed E-state index contributed by atoms with van der Waals surface area (Å²) in [6.45, 7) is 0. The highest BCUT2D eigenvalue weighted by molar-refractivity contribution is 7.99. The van der Waals surface area contributed by atoms with Crippen molar-refractivity contribution in [1.29, 1.82) is 0 Å². The van der Waals surface area contributed by atoms with Crippen molar-refractivity contribution in [3.8, 4) is 0 Å². The molecule has 2 fully saturated rings. The Morgan fingerprint density at radius 1 is 1.03 bits per heavy atom. The number of aliphatic hydroxyl groups is 1. The molecule has 11 heteroatoms. The Balaban J connectivity index is 1.51. The van der Waals surface area contributed by atoms with Crippen LogP contribution >= 0.6 is 11.8 Å². The summed E-state index contributed by atoms with van der Waals surface area (Å²) < 4.78 is 43.7. The molecule has 1 atom stereocenters. The smallest absolute Gasteiger partial charge is 0.224 e. The molecule has 1 aromatic carbocycles. The number of anilines is 3. The van der Waals surface area contributed by atoms with Crippen LogP contribution in [0.2, 0.25) is 0 Å². The number of imidazole rings is 1. The van der Waals surface area contributed by atoms with Crippen LogP contribution in [0.5, 0.6) is 0 Å². The van der Waals surface area contributed by atoms with Gasteiger partial charge in [0, 0.05) is 30.0 Å². The molecule has 1 saturated heterocycles. The van der Waals surface area contributed by atoms with Gasteiger partial charge in [-0.05, 0) is 37.9 Å². The van der Waals surface area contributed by atoms with Gasteiger partial charge in [-0.3, -0.25) is 4.57 Å². The van der Waals surface area contributed by atoms with Crippen LogP contribution in [-0.4, -0.2) is 48.3 Å². The van der Waals surface area contributed by atoms with Crippen molar-refractivity contribution in [3.05, 3.63) is 35.8 Å². The monoisotopic (exact) mass is 464 g/mol. The fourth-order valence-electron chi connectivity index (χ4n) is 4.30. The van der Waals surface area contributed by atoms with Gasteiger partial charge in [-0.1, -0.05) is 0 Å². The number of aromatic nitrogens is 4. The Hall–Kier alpha value is -2.53. The third-order valence-electron chi connectivity index (χ3n) is 5.98. The van der Waals surface area contributed by atoms with E-state index in [0.717, 1.165) is 43.6 Å². The molecule has 0 bridgehead atoms. The number of nitrogens with zero attached hydrogens (tertiary/aromatic N) is 4. The lowest BCUT2D eigenvalue weighted by Crippen LogP contribution is -2.29. The molecule has 170 valence electrons. The van der Waals surface area contributed by atoms with E-state index in [1.54, 1.807) is 18.0 Å². The summed E-state index contributed by atoms with van der Waals surface area (Å²) in [6, 6.07) is 1.49. The number of benzene rings is 1. The molecule has 2 aromatic heterocycles. The first-order valence-electron chi connectivity index (χ1n) is 10.7. The molecule has 3 heterocycles. The molecule has 1 aliphatic carbocycles. The molecule has 0 amide bonds. The van der Waals surface area contributed by atoms with E-state index in [2.05, 4.69) is 25.6 Å². The van der Waals surface area contributed by atoms with Crippen LogP contribution in [0.25, 0.3) is 11.2 Å². The fourth-order valence-corrected chi connectivity index (χ4v) is 5.49. The van der Waals surface area contributed by atoms with Gasteiger partial charge in [0.2, 0.25) is 11.9 Å². The summed E-state index contributed by atoms with van der Waals surface area (Å²) in [5.41, 5.74) is 0.605. The standard InChI is InChI=1S/C21H23F3N6OS/c22-11-7-15(23)18(16(24)8-11)28-21-27-17-9-25-20(26-12-1-3-14(31)4-2-12)29-19(17)30(21)13-5-6-32-10-13/h7-9,12-14,31H,1-6,10H2,(H,27,28)(H,25,26,29)/t12?,13-,14?/m0/s1. The van der Waals surface area contributed by atoms with Gasteiger partial charge in [0.15, 0.2) is 17.3 Å². The van der Waals surface area contributed by atoms with Crippen LogP contribution in [-0.2, 0) is 0 Å². The van der Waals surface area contributed by atoms with Gasteiger partial charge in [-0.25, -0.2) is 23.1 Å². The Bertz CT molecular complexity index is 1110. The highest BCUT2D eigenvalue weighted by Crippen LogP contribution is 2.35. The van der Waals surface area contributed by atoms with Crippen molar-refractivity contribution in [2.75, 3.05) is 22.1 Å². The summed E-state index contributed by atoms with van der Waals surface area (Å²) in [7, 11) is 0. The molecule has 0 unspecified atom stereocenters. The molecule has 1 saturated carbocycles. The van der Waals surface area contributed by atoms with Gasteiger partial charge in [0.1, 0.15) is 17.0 Å². The topological polar surface area (TPSA) is 87.9 Å². The van der Waals surface area contributed by atoms with E-state index in [1.165, 1.54) is 0 Å². The number of nitrogens with one attached hydrogen (secondary N) is 2. The minimum atomic E-state index is -1.03. The van der Waals surface area contributed by atoms with E-state index in [1.807, 2.05) is 4.57 Å². The van der Waals surface area contributed by atoms with E-state index < -0.39 is 23.1 Å². The number of fused-ring (bicyclic) bond motifs is 1. The van der Waals surface area contributed by atoms with Crippen molar-refractivity contribution in [2.45, 2.75) is 50.3 Å². The molecule has 3 aromatic rings. The minimum Gasteiger partial charge on any atom is -0.393 e. The number of halogens is 3. The Labute approximate surface area is 186 Å². The molecular weight excluding hydrogens is 441 g/mol. The SMILES string of the molecule is OC1CCC(Nc2ncc3nc(Nc4c(F)cc(F)cc4F)n([C@H]4CCSC4)c3n2)CC1. The van der Waals surface area contributed by atoms with Crippen molar-refractivity contribution < 1.29 is 18.3 Å². The number of hydrogen-bond acceptors (Lipinski definition) is 7. The minimum absolute atomic E-state index is 0.0478. The fraction of sp³-hybridized carbons (Fsp3) is 0.476. The van der Waals surface area contributed by atoms with Crippen molar-refractivity contribution in [3.63, 3.8) is 0 Å². The van der Waals surface area contributed by atoms with Crippen LogP contribution in [0.15, 0.2) is 18.3 Å². The molecule has 32 heavy (non-hydrogen) atoms. The number of rotatable bonds is 5. The average molecular weight is 465 g/mol. The second kappa shape index (κ2) is 8.78. The van der Waals surface area contributed by atoms with Gasteiger partial charge < -0.3 is 15.7 Å². The summed E-state index contributed by atoms with van der Waals surface area (Å²) >= 11 is 1.79. The second-order valence-electron chi connectivity index (χ2n) is 8.24. The first kappa shape index (κ1) is 21.3. The van der Waals surface area contributed by atoms with E-state index in [0.29, 0.717) is 29.2 Å². The van der Waals surface area contributed by atoms with Gasteiger partial charge >= 0.3 is 0 Å².